The number of carbonyl (C=O) groups excluding carboxylic acids is 1. The lowest BCUT2D eigenvalue weighted by molar-refractivity contribution is -0.152. The Morgan fingerprint density at radius 1 is 0.950 bits per heavy atom. The number of carbonyl (C=O) groups is 1. The summed E-state index contributed by atoms with van der Waals surface area (Å²) in [6.07, 6.45) is 5.94. The van der Waals surface area contributed by atoms with Gasteiger partial charge in [-0.05, 0) is 79.4 Å². The average Bonchev–Trinajstić information content (AvgIpc) is 3.70. The molecule has 0 atom stereocenters. The predicted molar refractivity (Wildman–Crippen MR) is 161 cm³/mol. The predicted octanol–water partition coefficient (Wildman–Crippen LogP) is 5.89. The van der Waals surface area contributed by atoms with Gasteiger partial charge in [0.05, 0.1) is 18.0 Å². The molecule has 1 aliphatic carbocycles. The molecule has 2 aromatic carbocycles. The Morgan fingerprint density at radius 2 is 1.77 bits per heavy atom. The molecule has 210 valence electrons. The molecule has 0 radical (unpaired) electrons. The van der Waals surface area contributed by atoms with Gasteiger partial charge in [0.15, 0.2) is 6.73 Å². The Kier molecular flexibility index (Phi) is 8.35. The third-order valence-corrected chi connectivity index (χ3v) is 9.19. The minimum atomic E-state index is -0.199. The van der Waals surface area contributed by atoms with Crippen LogP contribution in [0.4, 0.5) is 5.69 Å². The number of benzene rings is 2. The van der Waals surface area contributed by atoms with Crippen LogP contribution in [0.1, 0.15) is 38.5 Å². The van der Waals surface area contributed by atoms with Crippen LogP contribution in [0.15, 0.2) is 64.8 Å². The van der Waals surface area contributed by atoms with E-state index in [1.165, 1.54) is 26.4 Å². The molecule has 0 N–H and O–H groups in total. The molecule has 3 heterocycles. The summed E-state index contributed by atoms with van der Waals surface area (Å²) in [6, 6.07) is 18.0. The summed E-state index contributed by atoms with van der Waals surface area (Å²) in [5.74, 6) is 0.495. The van der Waals surface area contributed by atoms with E-state index in [9.17, 15) is 9.59 Å². The smallest absolute Gasteiger partial charge is 0.310 e. The van der Waals surface area contributed by atoms with Crippen molar-refractivity contribution in [1.82, 2.24) is 9.47 Å². The highest BCUT2D eigenvalue weighted by atomic mass is 32.1. The average molecular weight is 560 g/mol. The highest BCUT2D eigenvalue weighted by Crippen LogP contribution is 2.31. The zero-order valence-electron chi connectivity index (χ0n) is 22.9. The summed E-state index contributed by atoms with van der Waals surface area (Å²) >= 11 is 1.81. The van der Waals surface area contributed by atoms with E-state index in [1.54, 1.807) is 6.07 Å². The maximum absolute atomic E-state index is 12.6. The Bertz CT molecular complexity index is 1520. The molecule has 6 rings (SSSR count). The second-order valence-electron chi connectivity index (χ2n) is 10.9. The van der Waals surface area contributed by atoms with Crippen LogP contribution in [-0.4, -0.2) is 54.8 Å². The third-order valence-electron chi connectivity index (χ3n) is 8.31. The van der Waals surface area contributed by atoms with Crippen LogP contribution in [0.25, 0.3) is 21.0 Å². The number of unbranched alkanes of at least 4 members (excludes halogenated alkanes) is 1. The number of aromatic nitrogens is 1. The van der Waals surface area contributed by atoms with Crippen molar-refractivity contribution in [3.63, 3.8) is 0 Å². The van der Waals surface area contributed by atoms with Gasteiger partial charge in [0, 0.05) is 54.1 Å². The van der Waals surface area contributed by atoms with Crippen molar-refractivity contribution in [3.8, 4) is 5.75 Å². The molecule has 1 saturated heterocycles. The molecule has 2 aliphatic rings. The number of piperazine rings is 1. The quantitative estimate of drug-likeness (QED) is 0.178. The molecule has 2 fully saturated rings. The van der Waals surface area contributed by atoms with Crippen LogP contribution in [0.5, 0.6) is 5.75 Å². The van der Waals surface area contributed by atoms with Crippen LogP contribution in [0.2, 0.25) is 0 Å². The van der Waals surface area contributed by atoms with Gasteiger partial charge in [-0.2, -0.15) is 0 Å². The van der Waals surface area contributed by atoms with E-state index in [0.717, 1.165) is 87.9 Å². The van der Waals surface area contributed by atoms with E-state index in [1.807, 2.05) is 29.5 Å². The number of hydrogen-bond acceptors (Lipinski definition) is 7. The standard InChI is InChI=1S/C32H37N3O4S/c36-31-13-11-24-10-12-26(22-29(24)35(31)23-39-32(37)25-6-1-2-7-25)38-20-4-3-15-33-16-18-34(19-17-33)28-8-5-9-30-27(28)14-21-40-30/h5,8-14,21-22,25H,1-4,6-7,15-20,23H2. The summed E-state index contributed by atoms with van der Waals surface area (Å²) < 4.78 is 14.5. The van der Waals surface area contributed by atoms with E-state index in [2.05, 4.69) is 39.4 Å². The third kappa shape index (κ3) is 6.03. The maximum atomic E-state index is 12.6. The number of rotatable bonds is 10. The second-order valence-corrected chi connectivity index (χ2v) is 11.8. The SMILES string of the molecule is O=C(OCn1c(=O)ccc2ccc(OCCCCN3CCN(c4cccc5sccc45)CC3)cc21)C1CCCC1. The summed E-state index contributed by atoms with van der Waals surface area (Å²) in [7, 11) is 0. The first-order valence-corrected chi connectivity index (χ1v) is 15.4. The van der Waals surface area contributed by atoms with Crippen LogP contribution in [-0.2, 0) is 16.3 Å². The number of hydrogen-bond donors (Lipinski definition) is 0. The van der Waals surface area contributed by atoms with Gasteiger partial charge in [-0.3, -0.25) is 19.1 Å². The molecular weight excluding hydrogens is 522 g/mol. The number of thiophene rings is 1. The lowest BCUT2D eigenvalue weighted by atomic mass is 10.1. The monoisotopic (exact) mass is 559 g/mol. The molecule has 0 spiro atoms. The fourth-order valence-corrected chi connectivity index (χ4v) is 6.80. The number of pyridine rings is 1. The van der Waals surface area contributed by atoms with Gasteiger partial charge in [-0.15, -0.1) is 11.3 Å². The van der Waals surface area contributed by atoms with Crippen molar-refractivity contribution in [1.29, 1.82) is 0 Å². The van der Waals surface area contributed by atoms with Crippen molar-refractivity contribution in [2.24, 2.45) is 5.92 Å². The van der Waals surface area contributed by atoms with Crippen LogP contribution in [0, 0.1) is 5.92 Å². The summed E-state index contributed by atoms with van der Waals surface area (Å²) in [5.41, 5.74) is 1.90. The lowest BCUT2D eigenvalue weighted by Gasteiger charge is -2.36. The maximum Gasteiger partial charge on any atom is 0.310 e. The number of ether oxygens (including phenoxy) is 2. The van der Waals surface area contributed by atoms with Gasteiger partial charge >= 0.3 is 5.97 Å². The number of anilines is 1. The Morgan fingerprint density at radius 3 is 2.62 bits per heavy atom. The van der Waals surface area contributed by atoms with Crippen molar-refractivity contribution < 1.29 is 14.3 Å². The van der Waals surface area contributed by atoms with Gasteiger partial charge in [0.2, 0.25) is 0 Å². The zero-order chi connectivity index (χ0) is 27.3. The second kappa shape index (κ2) is 12.4. The fourth-order valence-electron chi connectivity index (χ4n) is 5.99. The summed E-state index contributed by atoms with van der Waals surface area (Å²) in [5, 5.41) is 4.46. The number of nitrogens with zero attached hydrogens (tertiary/aromatic N) is 3. The first-order chi connectivity index (χ1) is 19.7. The highest BCUT2D eigenvalue weighted by Gasteiger charge is 2.24. The van der Waals surface area contributed by atoms with E-state index in [0.29, 0.717) is 6.61 Å². The van der Waals surface area contributed by atoms with Gasteiger partial charge in [0.25, 0.3) is 5.56 Å². The van der Waals surface area contributed by atoms with E-state index >= 15 is 0 Å². The van der Waals surface area contributed by atoms with Crippen molar-refractivity contribution in [3.05, 3.63) is 70.3 Å². The van der Waals surface area contributed by atoms with Gasteiger partial charge in [-0.25, -0.2) is 0 Å². The molecule has 40 heavy (non-hydrogen) atoms. The van der Waals surface area contributed by atoms with Crippen LogP contribution in [0.3, 0.4) is 0 Å². The Labute approximate surface area is 238 Å². The van der Waals surface area contributed by atoms with Gasteiger partial charge < -0.3 is 14.4 Å². The Balaban J connectivity index is 0.969. The zero-order valence-corrected chi connectivity index (χ0v) is 23.7. The van der Waals surface area contributed by atoms with Crippen molar-refractivity contribution in [2.45, 2.75) is 45.3 Å². The van der Waals surface area contributed by atoms with E-state index in [-0.39, 0.29) is 24.2 Å². The largest absolute Gasteiger partial charge is 0.494 e. The summed E-state index contributed by atoms with van der Waals surface area (Å²) in [4.78, 5) is 30.1. The van der Waals surface area contributed by atoms with Crippen LogP contribution < -0.4 is 15.2 Å². The minimum Gasteiger partial charge on any atom is -0.494 e. The molecule has 2 aromatic heterocycles. The molecular formula is C32H37N3O4S. The molecule has 0 bridgehead atoms. The molecule has 8 heteroatoms. The molecule has 1 aliphatic heterocycles. The van der Waals surface area contributed by atoms with E-state index < -0.39 is 0 Å². The molecule has 4 aromatic rings. The van der Waals surface area contributed by atoms with Crippen molar-refractivity contribution in [2.75, 3.05) is 44.2 Å². The fraction of sp³-hybridized carbons (Fsp3) is 0.438. The van der Waals surface area contributed by atoms with Crippen molar-refractivity contribution >= 4 is 44.0 Å². The normalized spacial score (nSPS) is 16.6. The minimum absolute atomic E-state index is 0.0328. The summed E-state index contributed by atoms with van der Waals surface area (Å²) in [6.45, 7) is 5.90. The molecule has 0 amide bonds. The van der Waals surface area contributed by atoms with Crippen LogP contribution >= 0.6 is 11.3 Å². The van der Waals surface area contributed by atoms with Gasteiger partial charge in [0.1, 0.15) is 5.75 Å². The molecule has 7 nitrogen and oxygen atoms in total. The molecule has 1 saturated carbocycles. The highest BCUT2D eigenvalue weighted by molar-refractivity contribution is 7.17. The van der Waals surface area contributed by atoms with Gasteiger partial charge in [-0.1, -0.05) is 18.9 Å². The number of fused-ring (bicyclic) bond motifs is 2. The topological polar surface area (TPSA) is 64.0 Å². The first kappa shape index (κ1) is 26.8. The molecule has 0 unspecified atom stereocenters. The first-order valence-electron chi connectivity index (χ1n) is 14.5. The lowest BCUT2D eigenvalue weighted by Crippen LogP contribution is -2.46. The number of esters is 1. The van der Waals surface area contributed by atoms with E-state index in [4.69, 9.17) is 9.47 Å². The Hall–Kier alpha value is -3.36.